The van der Waals surface area contributed by atoms with Crippen molar-refractivity contribution in [3.05, 3.63) is 11.8 Å². The number of hydrogen-bond acceptors (Lipinski definition) is 2. The van der Waals surface area contributed by atoms with Crippen molar-refractivity contribution in [3.63, 3.8) is 0 Å². The fourth-order valence-electron chi connectivity index (χ4n) is 0.600. The zero-order valence-corrected chi connectivity index (χ0v) is 6.89. The van der Waals surface area contributed by atoms with Crippen molar-refractivity contribution in [2.45, 2.75) is 13.8 Å². The summed E-state index contributed by atoms with van der Waals surface area (Å²) in [5, 5.41) is 9.69. The SMILES string of the molecule is CCNC(/C=C(\C)N)=N/C=N. The van der Waals surface area contributed by atoms with Crippen molar-refractivity contribution < 1.29 is 0 Å². The minimum absolute atomic E-state index is 0.627. The lowest BCUT2D eigenvalue weighted by atomic mass is 10.4. The summed E-state index contributed by atoms with van der Waals surface area (Å²) in [6.07, 6.45) is 2.67. The Labute approximate surface area is 66.7 Å². The summed E-state index contributed by atoms with van der Waals surface area (Å²) in [6.45, 7) is 4.51. The zero-order chi connectivity index (χ0) is 8.69. The van der Waals surface area contributed by atoms with Gasteiger partial charge in [0.15, 0.2) is 0 Å². The molecule has 0 aliphatic carbocycles. The lowest BCUT2D eigenvalue weighted by Gasteiger charge is -2.00. The molecule has 0 aliphatic rings. The van der Waals surface area contributed by atoms with Crippen LogP contribution in [0.3, 0.4) is 0 Å². The minimum Gasteiger partial charge on any atom is -0.402 e. The van der Waals surface area contributed by atoms with Crippen molar-refractivity contribution in [1.82, 2.24) is 5.32 Å². The largest absolute Gasteiger partial charge is 0.402 e. The van der Waals surface area contributed by atoms with Crippen LogP contribution in [0, 0.1) is 5.41 Å². The number of allylic oxidation sites excluding steroid dienone is 1. The fraction of sp³-hybridized carbons (Fsp3) is 0.429. The zero-order valence-electron chi connectivity index (χ0n) is 6.89. The molecule has 4 nitrogen and oxygen atoms in total. The monoisotopic (exact) mass is 154 g/mol. The first-order valence-corrected chi connectivity index (χ1v) is 3.45. The lowest BCUT2D eigenvalue weighted by molar-refractivity contribution is 0.970. The van der Waals surface area contributed by atoms with Crippen LogP contribution in [-0.4, -0.2) is 18.7 Å². The third kappa shape index (κ3) is 5.14. The van der Waals surface area contributed by atoms with E-state index in [1.54, 1.807) is 13.0 Å². The lowest BCUT2D eigenvalue weighted by Crippen LogP contribution is -2.21. The number of aliphatic imine (C=N–C) groups is 1. The predicted molar refractivity (Wildman–Crippen MR) is 47.8 cm³/mol. The van der Waals surface area contributed by atoms with E-state index in [2.05, 4.69) is 10.3 Å². The molecule has 4 heteroatoms. The van der Waals surface area contributed by atoms with E-state index >= 15 is 0 Å². The smallest absolute Gasteiger partial charge is 0.129 e. The van der Waals surface area contributed by atoms with E-state index in [-0.39, 0.29) is 0 Å². The summed E-state index contributed by atoms with van der Waals surface area (Å²) >= 11 is 0. The van der Waals surface area contributed by atoms with Crippen molar-refractivity contribution in [2.75, 3.05) is 6.54 Å². The number of nitrogens with one attached hydrogen (secondary N) is 2. The van der Waals surface area contributed by atoms with Gasteiger partial charge in [0.25, 0.3) is 0 Å². The molecule has 0 aliphatic heterocycles. The van der Waals surface area contributed by atoms with E-state index in [1.165, 1.54) is 0 Å². The van der Waals surface area contributed by atoms with Crippen LogP contribution < -0.4 is 11.1 Å². The van der Waals surface area contributed by atoms with E-state index < -0.39 is 0 Å². The quantitative estimate of drug-likeness (QED) is 0.408. The molecule has 0 radical (unpaired) electrons. The molecule has 0 atom stereocenters. The van der Waals surface area contributed by atoms with E-state index in [1.807, 2.05) is 6.92 Å². The first-order chi connectivity index (χ1) is 5.20. The van der Waals surface area contributed by atoms with Gasteiger partial charge in [0.2, 0.25) is 0 Å². The maximum Gasteiger partial charge on any atom is 0.129 e. The Bertz CT molecular complexity index is 177. The molecule has 0 unspecified atom stereocenters. The highest BCUT2D eigenvalue weighted by Crippen LogP contribution is 1.81. The Balaban J connectivity index is 4.22. The molecule has 0 amide bonds. The normalized spacial score (nSPS) is 12.9. The third-order valence-corrected chi connectivity index (χ3v) is 0.926. The van der Waals surface area contributed by atoms with E-state index in [0.29, 0.717) is 11.5 Å². The Morgan fingerprint density at radius 1 is 1.73 bits per heavy atom. The van der Waals surface area contributed by atoms with Gasteiger partial charge in [0.05, 0.1) is 0 Å². The van der Waals surface area contributed by atoms with Gasteiger partial charge in [-0.15, -0.1) is 0 Å². The molecule has 0 bridgehead atoms. The van der Waals surface area contributed by atoms with Gasteiger partial charge in [-0.2, -0.15) is 0 Å². The molecule has 4 N–H and O–H groups in total. The highest BCUT2D eigenvalue weighted by atomic mass is 15.0. The molecule has 0 saturated carbocycles. The molecule has 62 valence electrons. The summed E-state index contributed by atoms with van der Waals surface area (Å²) < 4.78 is 0. The van der Waals surface area contributed by atoms with Crippen molar-refractivity contribution in [3.8, 4) is 0 Å². The molecule has 0 aromatic carbocycles. The van der Waals surface area contributed by atoms with Crippen LogP contribution in [0.4, 0.5) is 0 Å². The molecular formula is C7H14N4. The number of nitrogens with zero attached hydrogens (tertiary/aromatic N) is 1. The highest BCUT2D eigenvalue weighted by Gasteiger charge is 1.89. The Hall–Kier alpha value is -1.32. The molecule has 11 heavy (non-hydrogen) atoms. The van der Waals surface area contributed by atoms with Crippen molar-refractivity contribution >= 4 is 12.2 Å². The van der Waals surface area contributed by atoms with Gasteiger partial charge in [-0.1, -0.05) is 0 Å². The maximum absolute atomic E-state index is 6.73. The van der Waals surface area contributed by atoms with Crippen LogP contribution in [0.25, 0.3) is 0 Å². The van der Waals surface area contributed by atoms with Gasteiger partial charge in [-0.05, 0) is 19.9 Å². The van der Waals surface area contributed by atoms with E-state index in [0.717, 1.165) is 12.9 Å². The summed E-state index contributed by atoms with van der Waals surface area (Å²) in [5.74, 6) is 0.627. The second kappa shape index (κ2) is 5.46. The minimum atomic E-state index is 0.627. The average Bonchev–Trinajstić information content (AvgIpc) is 1.87. The Morgan fingerprint density at radius 2 is 2.36 bits per heavy atom. The van der Waals surface area contributed by atoms with Gasteiger partial charge in [-0.25, -0.2) is 4.99 Å². The Morgan fingerprint density at radius 3 is 2.73 bits per heavy atom. The summed E-state index contributed by atoms with van der Waals surface area (Å²) in [5.41, 5.74) is 6.09. The van der Waals surface area contributed by atoms with Crippen LogP contribution >= 0.6 is 0 Å². The second-order valence-electron chi connectivity index (χ2n) is 2.06. The molecule has 0 saturated heterocycles. The molecule has 0 rings (SSSR count). The first-order valence-electron chi connectivity index (χ1n) is 3.45. The van der Waals surface area contributed by atoms with Crippen LogP contribution in [0.5, 0.6) is 0 Å². The molecule has 0 spiro atoms. The van der Waals surface area contributed by atoms with E-state index in [9.17, 15) is 0 Å². The molecule has 0 fully saturated rings. The molecule has 0 heterocycles. The van der Waals surface area contributed by atoms with E-state index in [4.69, 9.17) is 11.1 Å². The highest BCUT2D eigenvalue weighted by molar-refractivity contribution is 5.97. The number of hydrogen-bond donors (Lipinski definition) is 3. The molecule has 0 aromatic rings. The topological polar surface area (TPSA) is 74.3 Å². The van der Waals surface area contributed by atoms with Gasteiger partial charge >= 0.3 is 0 Å². The van der Waals surface area contributed by atoms with Gasteiger partial charge < -0.3 is 11.1 Å². The van der Waals surface area contributed by atoms with Gasteiger partial charge in [0.1, 0.15) is 12.2 Å². The van der Waals surface area contributed by atoms with Crippen LogP contribution in [0.1, 0.15) is 13.8 Å². The molecular weight excluding hydrogens is 140 g/mol. The van der Waals surface area contributed by atoms with Crippen molar-refractivity contribution in [2.24, 2.45) is 10.7 Å². The van der Waals surface area contributed by atoms with Gasteiger partial charge in [-0.3, -0.25) is 5.41 Å². The summed E-state index contributed by atoms with van der Waals surface area (Å²) in [7, 11) is 0. The first kappa shape index (κ1) is 9.68. The fourth-order valence-corrected chi connectivity index (χ4v) is 0.600. The van der Waals surface area contributed by atoms with Crippen LogP contribution in [-0.2, 0) is 0 Å². The van der Waals surface area contributed by atoms with Crippen molar-refractivity contribution in [1.29, 1.82) is 5.41 Å². The maximum atomic E-state index is 6.73. The third-order valence-electron chi connectivity index (χ3n) is 0.926. The second-order valence-corrected chi connectivity index (χ2v) is 2.06. The van der Waals surface area contributed by atoms with Crippen LogP contribution in [0.15, 0.2) is 16.8 Å². The average molecular weight is 154 g/mol. The standard InChI is InChI=1S/C7H14N4/c1-3-10-7(11-5-8)4-6(2)9/h4-5H,3,9H2,1-2H3,(H2,8,10,11)/b6-4+. The number of amidine groups is 1. The van der Waals surface area contributed by atoms with Gasteiger partial charge in [0, 0.05) is 12.2 Å². The summed E-state index contributed by atoms with van der Waals surface area (Å²) in [6, 6.07) is 0. The Kier molecular flexibility index (Phi) is 4.81. The summed E-state index contributed by atoms with van der Waals surface area (Å²) in [4.78, 5) is 3.74. The number of likely N-dealkylation sites (N-methyl/N-ethyl adjacent to an activating group) is 1. The number of nitrogens with two attached hydrogens (primary N) is 1. The predicted octanol–water partition coefficient (Wildman–Crippen LogP) is 0.464. The number of rotatable bonds is 3. The van der Waals surface area contributed by atoms with Crippen LogP contribution in [0.2, 0.25) is 0 Å². The molecule has 0 aromatic heterocycles.